The van der Waals surface area contributed by atoms with Crippen LogP contribution < -0.4 is 0 Å². The van der Waals surface area contributed by atoms with Crippen LogP contribution in [0.2, 0.25) is 5.02 Å². The van der Waals surface area contributed by atoms with Crippen molar-refractivity contribution in [1.82, 2.24) is 14.9 Å². The molecule has 0 aliphatic heterocycles. The predicted octanol–water partition coefficient (Wildman–Crippen LogP) is 3.88. The zero-order valence-corrected chi connectivity index (χ0v) is 12.0. The van der Waals surface area contributed by atoms with Crippen LogP contribution in [0, 0.1) is 10.6 Å². The Bertz CT molecular complexity index is 833. The van der Waals surface area contributed by atoms with Crippen LogP contribution in [0.3, 0.4) is 0 Å². The lowest BCUT2D eigenvalue weighted by atomic mass is 10.2. The van der Waals surface area contributed by atoms with E-state index in [4.69, 9.17) is 28.2 Å². The van der Waals surface area contributed by atoms with Gasteiger partial charge < -0.3 is 4.42 Å². The first kappa shape index (κ1) is 13.7. The van der Waals surface area contributed by atoms with Crippen LogP contribution >= 0.6 is 23.8 Å². The van der Waals surface area contributed by atoms with E-state index in [1.165, 1.54) is 29.3 Å². The van der Waals surface area contributed by atoms with E-state index < -0.39 is 5.82 Å². The van der Waals surface area contributed by atoms with Gasteiger partial charge in [0.1, 0.15) is 5.82 Å². The zero-order valence-electron chi connectivity index (χ0n) is 10.5. The summed E-state index contributed by atoms with van der Waals surface area (Å²) in [5, 5.41) is 11.0. The number of H-pyrrole nitrogens is 1. The highest BCUT2D eigenvalue weighted by atomic mass is 35.5. The van der Waals surface area contributed by atoms with Crippen molar-refractivity contribution in [3.63, 3.8) is 0 Å². The van der Waals surface area contributed by atoms with E-state index in [-0.39, 0.29) is 15.4 Å². The number of nitrogens with one attached hydrogen (secondary N) is 1. The summed E-state index contributed by atoms with van der Waals surface area (Å²) < 4.78 is 20.5. The van der Waals surface area contributed by atoms with Gasteiger partial charge in [-0.25, -0.2) is 9.49 Å². The van der Waals surface area contributed by atoms with Crippen molar-refractivity contribution >= 4 is 30.0 Å². The molecule has 3 rings (SSSR count). The highest BCUT2D eigenvalue weighted by Gasteiger charge is 2.11. The number of furan rings is 1. The molecule has 8 heteroatoms. The average molecular weight is 323 g/mol. The minimum Gasteiger partial charge on any atom is -0.461 e. The van der Waals surface area contributed by atoms with Crippen LogP contribution in [0.25, 0.3) is 11.6 Å². The Morgan fingerprint density at radius 1 is 1.38 bits per heavy atom. The Hall–Kier alpha value is -2.25. The lowest BCUT2D eigenvalue weighted by molar-refractivity contribution is 0.573. The van der Waals surface area contributed by atoms with Gasteiger partial charge in [0.2, 0.25) is 10.6 Å². The van der Waals surface area contributed by atoms with Gasteiger partial charge in [0.05, 0.1) is 17.5 Å². The third-order valence-electron chi connectivity index (χ3n) is 2.69. The van der Waals surface area contributed by atoms with E-state index in [2.05, 4.69) is 15.3 Å². The second kappa shape index (κ2) is 5.63. The molecule has 2 aromatic heterocycles. The van der Waals surface area contributed by atoms with Crippen LogP contribution in [0.15, 0.2) is 46.1 Å². The summed E-state index contributed by atoms with van der Waals surface area (Å²) in [4.78, 5) is 0. The topological polar surface area (TPSA) is 59.1 Å². The molecular weight excluding hydrogens is 315 g/mol. The molecule has 21 heavy (non-hydrogen) atoms. The molecule has 0 bridgehead atoms. The summed E-state index contributed by atoms with van der Waals surface area (Å²) in [6.07, 6.45) is 2.80. The maximum absolute atomic E-state index is 13.7. The van der Waals surface area contributed by atoms with E-state index in [1.54, 1.807) is 18.2 Å². The number of hydrogen-bond donors (Lipinski definition) is 1. The fourth-order valence-corrected chi connectivity index (χ4v) is 2.10. The number of hydrogen-bond acceptors (Lipinski definition) is 4. The van der Waals surface area contributed by atoms with Gasteiger partial charge in [-0.15, -0.1) is 5.10 Å². The van der Waals surface area contributed by atoms with Gasteiger partial charge in [-0.2, -0.15) is 9.78 Å². The quantitative estimate of drug-likeness (QED) is 0.588. The van der Waals surface area contributed by atoms with Crippen molar-refractivity contribution in [2.45, 2.75) is 0 Å². The summed E-state index contributed by atoms with van der Waals surface area (Å²) in [5.41, 5.74) is 0.174. The number of halogens is 2. The highest BCUT2D eigenvalue weighted by Crippen LogP contribution is 2.19. The second-order valence-corrected chi connectivity index (χ2v) is 4.82. The smallest absolute Gasteiger partial charge is 0.219 e. The SMILES string of the molecule is Fc1cccc(Cl)c1/C=N\n1c(-c2ccco2)n[nH]c1=S. The maximum Gasteiger partial charge on any atom is 0.219 e. The van der Waals surface area contributed by atoms with Gasteiger partial charge in [-0.1, -0.05) is 17.7 Å². The molecule has 0 amide bonds. The molecule has 0 spiro atoms. The fourth-order valence-electron chi connectivity index (χ4n) is 1.71. The Morgan fingerprint density at radius 3 is 2.95 bits per heavy atom. The Labute approximate surface area is 128 Å². The Balaban J connectivity index is 2.05. The van der Waals surface area contributed by atoms with Crippen molar-refractivity contribution in [3.05, 3.63) is 57.8 Å². The number of aromatic amines is 1. The molecule has 0 aliphatic rings. The monoisotopic (exact) mass is 322 g/mol. The summed E-state index contributed by atoms with van der Waals surface area (Å²) in [6.45, 7) is 0. The number of aromatic nitrogens is 3. The molecule has 0 saturated heterocycles. The first-order valence-electron chi connectivity index (χ1n) is 5.86. The third-order valence-corrected chi connectivity index (χ3v) is 3.29. The largest absolute Gasteiger partial charge is 0.461 e. The molecule has 1 aromatic carbocycles. The molecule has 0 unspecified atom stereocenters. The zero-order chi connectivity index (χ0) is 14.8. The molecule has 2 heterocycles. The second-order valence-electron chi connectivity index (χ2n) is 4.02. The molecule has 0 fully saturated rings. The van der Waals surface area contributed by atoms with Crippen LogP contribution in [0.5, 0.6) is 0 Å². The van der Waals surface area contributed by atoms with Gasteiger partial charge in [0, 0.05) is 5.56 Å². The number of benzene rings is 1. The van der Waals surface area contributed by atoms with Gasteiger partial charge in [-0.3, -0.25) is 0 Å². The summed E-state index contributed by atoms with van der Waals surface area (Å²) in [5.74, 6) is 0.397. The van der Waals surface area contributed by atoms with E-state index in [1.807, 2.05) is 0 Å². The van der Waals surface area contributed by atoms with Crippen LogP contribution in [-0.2, 0) is 0 Å². The van der Waals surface area contributed by atoms with Crippen molar-refractivity contribution in [1.29, 1.82) is 0 Å². The van der Waals surface area contributed by atoms with Crippen LogP contribution in [0.1, 0.15) is 5.56 Å². The van der Waals surface area contributed by atoms with E-state index >= 15 is 0 Å². The van der Waals surface area contributed by atoms with E-state index in [0.29, 0.717) is 11.6 Å². The summed E-state index contributed by atoms with van der Waals surface area (Å²) >= 11 is 11.0. The molecule has 0 saturated carbocycles. The normalized spacial score (nSPS) is 11.3. The lowest BCUT2D eigenvalue weighted by Gasteiger charge is -2.00. The maximum atomic E-state index is 13.7. The van der Waals surface area contributed by atoms with Gasteiger partial charge >= 0.3 is 0 Å². The lowest BCUT2D eigenvalue weighted by Crippen LogP contribution is -1.96. The van der Waals surface area contributed by atoms with E-state index in [9.17, 15) is 4.39 Å². The van der Waals surface area contributed by atoms with Crippen molar-refractivity contribution in [2.75, 3.05) is 0 Å². The van der Waals surface area contributed by atoms with Gasteiger partial charge in [-0.05, 0) is 36.5 Å². The molecular formula is C13H8ClFN4OS. The van der Waals surface area contributed by atoms with Crippen molar-refractivity contribution < 1.29 is 8.81 Å². The van der Waals surface area contributed by atoms with Crippen LogP contribution in [0.4, 0.5) is 4.39 Å². The molecule has 0 atom stereocenters. The number of rotatable bonds is 3. The molecule has 0 aliphatic carbocycles. The first-order chi connectivity index (χ1) is 10.2. The van der Waals surface area contributed by atoms with Crippen LogP contribution in [-0.4, -0.2) is 21.1 Å². The summed E-state index contributed by atoms with van der Waals surface area (Å²) in [6, 6.07) is 7.83. The standard InChI is InChI=1S/C13H8ClFN4OS/c14-9-3-1-4-10(15)8(9)7-16-19-12(17-18-13(19)21)11-5-2-6-20-11/h1-7H,(H,18,21)/b16-7-. The average Bonchev–Trinajstić information content (AvgIpc) is 3.08. The predicted molar refractivity (Wildman–Crippen MR) is 79.5 cm³/mol. The molecule has 1 N–H and O–H groups in total. The molecule has 0 radical (unpaired) electrons. The first-order valence-corrected chi connectivity index (χ1v) is 6.65. The molecule has 106 valence electrons. The summed E-state index contributed by atoms with van der Waals surface area (Å²) in [7, 11) is 0. The fraction of sp³-hybridized carbons (Fsp3) is 0. The van der Waals surface area contributed by atoms with Gasteiger partial charge in [0.25, 0.3) is 0 Å². The van der Waals surface area contributed by atoms with E-state index in [0.717, 1.165) is 0 Å². The minimum absolute atomic E-state index is 0.174. The Morgan fingerprint density at radius 2 is 2.24 bits per heavy atom. The molecule has 5 nitrogen and oxygen atoms in total. The Kier molecular flexibility index (Phi) is 3.68. The minimum atomic E-state index is -0.471. The van der Waals surface area contributed by atoms with Crippen molar-refractivity contribution in [3.8, 4) is 11.6 Å². The third kappa shape index (κ3) is 2.65. The molecule has 3 aromatic rings. The number of nitrogens with zero attached hydrogens (tertiary/aromatic N) is 3. The van der Waals surface area contributed by atoms with Gasteiger partial charge in [0.15, 0.2) is 5.76 Å². The highest BCUT2D eigenvalue weighted by molar-refractivity contribution is 7.71. The van der Waals surface area contributed by atoms with Crippen molar-refractivity contribution in [2.24, 2.45) is 5.10 Å².